The molecule has 15 heteroatoms. The second-order valence-corrected chi connectivity index (χ2v) is 6.44. The summed E-state index contributed by atoms with van der Waals surface area (Å²) in [5.74, 6) is -5.38. The van der Waals surface area contributed by atoms with E-state index in [4.69, 9.17) is 27.4 Å². The van der Waals surface area contributed by atoms with Crippen LogP contribution in [-0.2, 0) is 24.0 Å². The number of carbonyl (C=O) groups is 5. The van der Waals surface area contributed by atoms with Crippen molar-refractivity contribution >= 4 is 48.2 Å². The first-order valence-corrected chi connectivity index (χ1v) is 9.35. The van der Waals surface area contributed by atoms with Crippen LogP contribution in [0.25, 0.3) is 0 Å². The van der Waals surface area contributed by atoms with Gasteiger partial charge >= 0.3 is 11.9 Å². The summed E-state index contributed by atoms with van der Waals surface area (Å²) in [5, 5.41) is 24.5. The number of nitrogens with one attached hydrogen (secondary N) is 3. The first kappa shape index (κ1) is 26.9. The molecule has 14 nitrogen and oxygen atoms in total. The second-order valence-electron chi connectivity index (χ2n) is 6.07. The van der Waals surface area contributed by atoms with Crippen LogP contribution < -0.4 is 33.2 Å². The lowest BCUT2D eigenvalue weighted by Crippen LogP contribution is -2.54. The van der Waals surface area contributed by atoms with Crippen LogP contribution in [0.3, 0.4) is 0 Å². The van der Waals surface area contributed by atoms with Crippen LogP contribution >= 0.6 is 12.6 Å². The van der Waals surface area contributed by atoms with Crippen molar-refractivity contribution < 1.29 is 34.2 Å². The molecule has 30 heavy (non-hydrogen) atoms. The molecule has 3 amide bonds. The number of thiol groups is 1. The number of carboxylic acids is 2. The first-order chi connectivity index (χ1) is 14.0. The van der Waals surface area contributed by atoms with E-state index in [1.807, 2.05) is 0 Å². The van der Waals surface area contributed by atoms with Crippen molar-refractivity contribution in [2.45, 2.75) is 37.4 Å². The van der Waals surface area contributed by atoms with E-state index in [0.29, 0.717) is 0 Å². The quantitative estimate of drug-likeness (QED) is 0.0536. The molecule has 0 aromatic carbocycles. The van der Waals surface area contributed by atoms with Gasteiger partial charge in [0.05, 0.1) is 19.0 Å². The van der Waals surface area contributed by atoms with Gasteiger partial charge in [-0.3, -0.25) is 24.2 Å². The molecule has 0 fully saturated rings. The summed E-state index contributed by atoms with van der Waals surface area (Å²) < 4.78 is 0. The summed E-state index contributed by atoms with van der Waals surface area (Å²) in [4.78, 5) is 61.7. The number of amides is 3. The number of aliphatic carboxylic acids is 2. The van der Waals surface area contributed by atoms with Crippen LogP contribution in [0.15, 0.2) is 4.99 Å². The third kappa shape index (κ3) is 11.7. The lowest BCUT2D eigenvalue weighted by atomic mass is 10.1. The van der Waals surface area contributed by atoms with E-state index in [1.165, 1.54) is 0 Å². The number of rotatable bonds is 14. The van der Waals surface area contributed by atoms with Crippen LogP contribution in [0.5, 0.6) is 0 Å². The summed E-state index contributed by atoms with van der Waals surface area (Å²) >= 11 is 3.86. The molecule has 0 aliphatic heterocycles. The maximum Gasteiger partial charge on any atom is 0.326 e. The molecule has 0 aliphatic rings. The average molecular weight is 449 g/mol. The van der Waals surface area contributed by atoms with Crippen molar-refractivity contribution in [3.8, 4) is 0 Å². The Labute approximate surface area is 177 Å². The van der Waals surface area contributed by atoms with Crippen LogP contribution in [0.1, 0.15) is 19.3 Å². The standard InChI is InChI=1S/C15H27N7O7S/c16-7(6-30)12(26)20-5-10(23)21-8(2-1-3-19-15(17)18)13(27)22-9(14(28)29)4-11(24)25/h7-9,30H,1-6,16H2,(H,20,26)(H,21,23)(H,22,27)(H,24,25)(H,28,29)(H4,17,18,19). The molecule has 0 saturated carbocycles. The van der Waals surface area contributed by atoms with Gasteiger partial charge < -0.3 is 43.4 Å². The number of nitrogens with two attached hydrogens (primary N) is 3. The molecule has 0 bridgehead atoms. The summed E-state index contributed by atoms with van der Waals surface area (Å²) in [6.45, 7) is -0.359. The molecule has 3 unspecified atom stereocenters. The topological polar surface area (TPSA) is 252 Å². The van der Waals surface area contributed by atoms with Gasteiger partial charge in [-0.1, -0.05) is 0 Å². The molecule has 11 N–H and O–H groups in total. The maximum atomic E-state index is 12.4. The Balaban J connectivity index is 5.06. The Morgan fingerprint density at radius 3 is 2.13 bits per heavy atom. The molecule has 3 atom stereocenters. The van der Waals surface area contributed by atoms with Gasteiger partial charge in [0, 0.05) is 12.3 Å². The highest BCUT2D eigenvalue weighted by molar-refractivity contribution is 7.80. The second kappa shape index (κ2) is 14.0. The largest absolute Gasteiger partial charge is 0.481 e. The molecule has 0 aromatic rings. The third-order valence-electron chi connectivity index (χ3n) is 3.55. The average Bonchev–Trinajstić information content (AvgIpc) is 2.66. The van der Waals surface area contributed by atoms with Gasteiger partial charge in [0.25, 0.3) is 0 Å². The zero-order chi connectivity index (χ0) is 23.3. The Hall–Kier alpha value is -3.07. The number of guanidine groups is 1. The summed E-state index contributed by atoms with van der Waals surface area (Å²) in [7, 11) is 0. The minimum absolute atomic E-state index is 0.0118. The van der Waals surface area contributed by atoms with Crippen molar-refractivity contribution in [1.29, 1.82) is 0 Å². The number of aliphatic imine (C=N–C) groups is 1. The van der Waals surface area contributed by atoms with E-state index in [-0.39, 0.29) is 31.1 Å². The van der Waals surface area contributed by atoms with E-state index in [2.05, 4.69) is 33.6 Å². The highest BCUT2D eigenvalue weighted by Crippen LogP contribution is 2.02. The Bertz CT molecular complexity index is 670. The fourth-order valence-electron chi connectivity index (χ4n) is 2.05. The van der Waals surface area contributed by atoms with Gasteiger partial charge in [-0.05, 0) is 12.8 Å². The highest BCUT2D eigenvalue weighted by atomic mass is 32.1. The lowest BCUT2D eigenvalue weighted by Gasteiger charge is -2.21. The summed E-state index contributed by atoms with van der Waals surface area (Å²) in [6.07, 6.45) is -0.602. The summed E-state index contributed by atoms with van der Waals surface area (Å²) in [6, 6.07) is -3.84. The fourth-order valence-corrected chi connectivity index (χ4v) is 2.21. The summed E-state index contributed by atoms with van der Waals surface area (Å²) in [5.41, 5.74) is 15.9. The van der Waals surface area contributed by atoms with Gasteiger partial charge in [0.1, 0.15) is 12.1 Å². The number of hydrogen-bond acceptors (Lipinski definition) is 8. The van der Waals surface area contributed by atoms with E-state index in [0.717, 1.165) is 0 Å². The number of carbonyl (C=O) groups excluding carboxylic acids is 3. The Morgan fingerprint density at radius 2 is 1.63 bits per heavy atom. The Morgan fingerprint density at radius 1 is 1.00 bits per heavy atom. The normalized spacial score (nSPS) is 13.3. The van der Waals surface area contributed by atoms with E-state index >= 15 is 0 Å². The number of hydrogen-bond donors (Lipinski definition) is 9. The molecule has 0 spiro atoms. The van der Waals surface area contributed by atoms with E-state index in [1.54, 1.807) is 0 Å². The van der Waals surface area contributed by atoms with Crippen molar-refractivity contribution in [2.75, 3.05) is 18.8 Å². The molecule has 170 valence electrons. The molecule has 0 aromatic heterocycles. The SMILES string of the molecule is NC(N)=NCCCC(NC(=O)CNC(=O)C(N)CS)C(=O)NC(CC(=O)O)C(=O)O. The Kier molecular flexibility index (Phi) is 12.6. The maximum absolute atomic E-state index is 12.4. The molecular formula is C15H27N7O7S. The zero-order valence-electron chi connectivity index (χ0n) is 16.0. The minimum Gasteiger partial charge on any atom is -0.481 e. The van der Waals surface area contributed by atoms with E-state index < -0.39 is 60.8 Å². The van der Waals surface area contributed by atoms with Crippen LogP contribution in [0.4, 0.5) is 0 Å². The minimum atomic E-state index is -1.69. The van der Waals surface area contributed by atoms with Crippen molar-refractivity contribution in [2.24, 2.45) is 22.2 Å². The third-order valence-corrected chi connectivity index (χ3v) is 3.94. The smallest absolute Gasteiger partial charge is 0.326 e. The van der Waals surface area contributed by atoms with Gasteiger partial charge in [0.2, 0.25) is 17.7 Å². The van der Waals surface area contributed by atoms with Crippen molar-refractivity contribution in [3.05, 3.63) is 0 Å². The molecule has 0 heterocycles. The van der Waals surface area contributed by atoms with Crippen LogP contribution in [0.2, 0.25) is 0 Å². The molecular weight excluding hydrogens is 422 g/mol. The highest BCUT2D eigenvalue weighted by Gasteiger charge is 2.28. The monoisotopic (exact) mass is 449 g/mol. The van der Waals surface area contributed by atoms with Gasteiger partial charge in [-0.15, -0.1) is 0 Å². The molecule has 0 saturated heterocycles. The predicted octanol–water partition coefficient (Wildman–Crippen LogP) is -4.06. The van der Waals surface area contributed by atoms with Crippen molar-refractivity contribution in [1.82, 2.24) is 16.0 Å². The number of nitrogens with zero attached hydrogens (tertiary/aromatic N) is 1. The lowest BCUT2D eigenvalue weighted by molar-refractivity contribution is -0.147. The van der Waals surface area contributed by atoms with Gasteiger partial charge in [0.15, 0.2) is 5.96 Å². The van der Waals surface area contributed by atoms with Crippen molar-refractivity contribution in [3.63, 3.8) is 0 Å². The van der Waals surface area contributed by atoms with E-state index in [9.17, 15) is 24.0 Å². The molecule has 0 rings (SSSR count). The predicted molar refractivity (Wildman–Crippen MR) is 108 cm³/mol. The number of carboxylic acid groups (broad SMARTS) is 2. The van der Waals surface area contributed by atoms with Gasteiger partial charge in [-0.25, -0.2) is 4.79 Å². The van der Waals surface area contributed by atoms with Crippen LogP contribution in [0, 0.1) is 0 Å². The zero-order valence-corrected chi connectivity index (χ0v) is 16.9. The fraction of sp³-hybridized carbons (Fsp3) is 0.600. The van der Waals surface area contributed by atoms with Gasteiger partial charge in [-0.2, -0.15) is 12.6 Å². The molecule has 0 aliphatic carbocycles. The first-order valence-electron chi connectivity index (χ1n) is 8.71. The molecule has 0 radical (unpaired) electrons. The van der Waals surface area contributed by atoms with Crippen LogP contribution in [-0.4, -0.2) is 82.8 Å².